The molecule has 1 saturated heterocycles. The smallest absolute Gasteiger partial charge is 0.229 e. The standard InChI is InChI=1S/C19H19BrN2O2/c1-12-7-8-15(9-13(12)2)22-11-14(10-18(22)23)19(24)21-17-6-4-3-5-16(17)20/h3-9,14H,10-11H2,1-2H3,(H,21,24)/t14-/m1/s1. The Morgan fingerprint density at radius 2 is 1.92 bits per heavy atom. The molecule has 24 heavy (non-hydrogen) atoms. The van der Waals surface area contributed by atoms with Crippen LogP contribution in [0.25, 0.3) is 0 Å². The Kier molecular flexibility index (Phi) is 4.71. The average molecular weight is 387 g/mol. The predicted molar refractivity (Wildman–Crippen MR) is 99.1 cm³/mol. The zero-order chi connectivity index (χ0) is 17.3. The lowest BCUT2D eigenvalue weighted by Crippen LogP contribution is -2.28. The van der Waals surface area contributed by atoms with Gasteiger partial charge in [-0.1, -0.05) is 18.2 Å². The third-order valence-electron chi connectivity index (χ3n) is 4.43. The van der Waals surface area contributed by atoms with E-state index < -0.39 is 0 Å². The van der Waals surface area contributed by atoms with Crippen LogP contribution in [0.3, 0.4) is 0 Å². The summed E-state index contributed by atoms with van der Waals surface area (Å²) in [7, 11) is 0. The first-order chi connectivity index (χ1) is 11.5. The fourth-order valence-corrected chi connectivity index (χ4v) is 3.21. The van der Waals surface area contributed by atoms with E-state index in [1.54, 1.807) is 4.90 Å². The fraction of sp³-hybridized carbons (Fsp3) is 0.263. The second-order valence-electron chi connectivity index (χ2n) is 6.14. The Morgan fingerprint density at radius 3 is 2.62 bits per heavy atom. The molecule has 2 aromatic rings. The number of hydrogen-bond donors (Lipinski definition) is 1. The van der Waals surface area contributed by atoms with Gasteiger partial charge < -0.3 is 10.2 Å². The van der Waals surface area contributed by atoms with Gasteiger partial charge in [-0.2, -0.15) is 0 Å². The lowest BCUT2D eigenvalue weighted by atomic mass is 10.1. The summed E-state index contributed by atoms with van der Waals surface area (Å²) in [5.41, 5.74) is 3.91. The van der Waals surface area contributed by atoms with Crippen molar-refractivity contribution in [2.75, 3.05) is 16.8 Å². The van der Waals surface area contributed by atoms with Gasteiger partial charge in [0.1, 0.15) is 0 Å². The number of nitrogens with one attached hydrogen (secondary N) is 1. The van der Waals surface area contributed by atoms with E-state index in [1.807, 2.05) is 56.3 Å². The van der Waals surface area contributed by atoms with Crippen molar-refractivity contribution < 1.29 is 9.59 Å². The van der Waals surface area contributed by atoms with E-state index in [1.165, 1.54) is 5.56 Å². The number of benzene rings is 2. The lowest BCUT2D eigenvalue weighted by molar-refractivity contribution is -0.122. The Labute approximate surface area is 150 Å². The van der Waals surface area contributed by atoms with Crippen molar-refractivity contribution in [3.8, 4) is 0 Å². The molecule has 1 aliphatic heterocycles. The van der Waals surface area contributed by atoms with Crippen molar-refractivity contribution >= 4 is 39.1 Å². The van der Waals surface area contributed by atoms with Crippen molar-refractivity contribution in [3.63, 3.8) is 0 Å². The van der Waals surface area contributed by atoms with Crippen LogP contribution in [0, 0.1) is 19.8 Å². The van der Waals surface area contributed by atoms with Gasteiger partial charge in [0.2, 0.25) is 11.8 Å². The highest BCUT2D eigenvalue weighted by atomic mass is 79.9. The quantitative estimate of drug-likeness (QED) is 0.864. The number of para-hydroxylation sites is 1. The third-order valence-corrected chi connectivity index (χ3v) is 5.12. The van der Waals surface area contributed by atoms with Crippen LogP contribution in [0.1, 0.15) is 17.5 Å². The fourth-order valence-electron chi connectivity index (χ4n) is 2.82. The molecule has 1 atom stereocenters. The maximum absolute atomic E-state index is 12.5. The largest absolute Gasteiger partial charge is 0.325 e. The monoisotopic (exact) mass is 386 g/mol. The molecule has 4 nitrogen and oxygen atoms in total. The van der Waals surface area contributed by atoms with Crippen LogP contribution in [0.5, 0.6) is 0 Å². The minimum Gasteiger partial charge on any atom is -0.325 e. The van der Waals surface area contributed by atoms with Gasteiger partial charge >= 0.3 is 0 Å². The van der Waals surface area contributed by atoms with Crippen LogP contribution in [-0.4, -0.2) is 18.4 Å². The highest BCUT2D eigenvalue weighted by Gasteiger charge is 2.35. The zero-order valence-corrected chi connectivity index (χ0v) is 15.3. The summed E-state index contributed by atoms with van der Waals surface area (Å²) in [4.78, 5) is 26.5. The van der Waals surface area contributed by atoms with E-state index >= 15 is 0 Å². The van der Waals surface area contributed by atoms with Crippen molar-refractivity contribution in [1.29, 1.82) is 0 Å². The van der Waals surface area contributed by atoms with Crippen LogP contribution in [0.15, 0.2) is 46.9 Å². The number of hydrogen-bond acceptors (Lipinski definition) is 2. The molecule has 1 aliphatic rings. The zero-order valence-electron chi connectivity index (χ0n) is 13.7. The summed E-state index contributed by atoms with van der Waals surface area (Å²) in [5, 5.41) is 2.90. The minimum absolute atomic E-state index is 0.00877. The van der Waals surface area contributed by atoms with Crippen molar-refractivity contribution in [2.45, 2.75) is 20.3 Å². The molecule has 2 aromatic carbocycles. The number of amides is 2. The molecule has 124 valence electrons. The van der Waals surface area contributed by atoms with Crippen molar-refractivity contribution in [1.82, 2.24) is 0 Å². The summed E-state index contributed by atoms with van der Waals surface area (Å²) in [6.45, 7) is 4.48. The van der Waals surface area contributed by atoms with Crippen LogP contribution >= 0.6 is 15.9 Å². The Bertz CT molecular complexity index is 804. The highest BCUT2D eigenvalue weighted by Crippen LogP contribution is 2.28. The predicted octanol–water partition coefficient (Wildman–Crippen LogP) is 4.06. The number of nitrogens with zero attached hydrogens (tertiary/aromatic N) is 1. The summed E-state index contributed by atoms with van der Waals surface area (Å²) in [6, 6.07) is 13.4. The maximum atomic E-state index is 12.5. The molecule has 0 aromatic heterocycles. The maximum Gasteiger partial charge on any atom is 0.229 e. The van der Waals surface area contributed by atoms with E-state index in [0.29, 0.717) is 6.54 Å². The van der Waals surface area contributed by atoms with Gasteiger partial charge in [-0.25, -0.2) is 0 Å². The van der Waals surface area contributed by atoms with Gasteiger partial charge in [0.25, 0.3) is 0 Å². The first-order valence-electron chi connectivity index (χ1n) is 7.88. The van der Waals surface area contributed by atoms with E-state index in [2.05, 4.69) is 21.2 Å². The van der Waals surface area contributed by atoms with Gasteiger partial charge in [-0.05, 0) is 65.2 Å². The number of anilines is 2. The molecule has 2 amide bonds. The summed E-state index contributed by atoms with van der Waals surface area (Å²) in [5.74, 6) is -0.474. The number of rotatable bonds is 3. The molecular formula is C19H19BrN2O2. The van der Waals surface area contributed by atoms with E-state index in [4.69, 9.17) is 0 Å². The van der Waals surface area contributed by atoms with Crippen LogP contribution in [0.4, 0.5) is 11.4 Å². The summed E-state index contributed by atoms with van der Waals surface area (Å²) >= 11 is 3.42. The van der Waals surface area contributed by atoms with Gasteiger partial charge in [-0.3, -0.25) is 9.59 Å². The summed E-state index contributed by atoms with van der Waals surface area (Å²) in [6.07, 6.45) is 0.239. The lowest BCUT2D eigenvalue weighted by Gasteiger charge is -2.18. The first kappa shape index (κ1) is 16.7. The Hall–Kier alpha value is -2.14. The van der Waals surface area contributed by atoms with E-state index in [-0.39, 0.29) is 24.2 Å². The SMILES string of the molecule is Cc1ccc(N2C[C@H](C(=O)Nc3ccccc3Br)CC2=O)cc1C. The van der Waals surface area contributed by atoms with Gasteiger partial charge in [0.15, 0.2) is 0 Å². The first-order valence-corrected chi connectivity index (χ1v) is 8.68. The Balaban J connectivity index is 1.73. The Morgan fingerprint density at radius 1 is 1.17 bits per heavy atom. The molecule has 0 spiro atoms. The average Bonchev–Trinajstić information content (AvgIpc) is 2.94. The molecular weight excluding hydrogens is 368 g/mol. The topological polar surface area (TPSA) is 49.4 Å². The normalized spacial score (nSPS) is 17.2. The van der Waals surface area contributed by atoms with E-state index in [9.17, 15) is 9.59 Å². The van der Waals surface area contributed by atoms with Gasteiger partial charge in [0.05, 0.1) is 11.6 Å². The number of aryl methyl sites for hydroxylation is 2. The molecule has 1 N–H and O–H groups in total. The highest BCUT2D eigenvalue weighted by molar-refractivity contribution is 9.10. The second kappa shape index (κ2) is 6.77. The van der Waals surface area contributed by atoms with Crippen molar-refractivity contribution in [2.24, 2.45) is 5.92 Å². The molecule has 0 radical (unpaired) electrons. The van der Waals surface area contributed by atoms with Crippen LogP contribution in [-0.2, 0) is 9.59 Å². The number of halogens is 1. The minimum atomic E-state index is -0.341. The molecule has 5 heteroatoms. The molecule has 0 unspecified atom stereocenters. The van der Waals surface area contributed by atoms with Crippen LogP contribution < -0.4 is 10.2 Å². The van der Waals surface area contributed by atoms with Crippen LogP contribution in [0.2, 0.25) is 0 Å². The van der Waals surface area contributed by atoms with Gasteiger partial charge in [-0.15, -0.1) is 0 Å². The number of carbonyl (C=O) groups excluding carboxylic acids is 2. The number of carbonyl (C=O) groups is 2. The third kappa shape index (κ3) is 3.36. The molecule has 0 bridgehead atoms. The molecule has 3 rings (SSSR count). The second-order valence-corrected chi connectivity index (χ2v) is 7.00. The molecule has 0 aliphatic carbocycles. The molecule has 1 fully saturated rings. The van der Waals surface area contributed by atoms with Gasteiger partial charge in [0, 0.05) is 23.1 Å². The summed E-state index contributed by atoms with van der Waals surface area (Å²) < 4.78 is 0.827. The molecule has 0 saturated carbocycles. The van der Waals surface area contributed by atoms with E-state index in [0.717, 1.165) is 21.4 Å². The van der Waals surface area contributed by atoms with Crippen molar-refractivity contribution in [3.05, 3.63) is 58.1 Å². The molecule has 1 heterocycles.